The topological polar surface area (TPSA) is 32.3 Å². The molecule has 0 heterocycles. The van der Waals surface area contributed by atoms with Crippen molar-refractivity contribution in [2.24, 2.45) is 0 Å². The number of nitrogens with zero attached hydrogens (tertiary/aromatic N) is 1. The van der Waals surface area contributed by atoms with Crippen LogP contribution in [0.4, 0.5) is 0 Å². The monoisotopic (exact) mass is 238 g/mol. The predicted octanol–water partition coefficient (Wildman–Crippen LogP) is 2.01. The second-order valence-electron chi connectivity index (χ2n) is 4.30. The number of rotatable bonds is 10. The lowest BCUT2D eigenvalue weighted by Crippen LogP contribution is -2.34. The maximum Gasteiger partial charge on any atom is 0.121 e. The second kappa shape index (κ2) is 11.6. The van der Waals surface area contributed by atoms with Gasteiger partial charge in [0.05, 0.1) is 0 Å². The Labute approximate surface area is 106 Å². The number of hydrogen-bond acceptors (Lipinski definition) is 3. The Hall–Kier alpha value is -0.930. The van der Waals surface area contributed by atoms with Crippen LogP contribution in [0.2, 0.25) is 0 Å². The van der Waals surface area contributed by atoms with E-state index in [2.05, 4.69) is 29.4 Å². The number of allylic oxidation sites excluding steroid dienone is 3. The smallest absolute Gasteiger partial charge is 0.121 e. The van der Waals surface area contributed by atoms with Gasteiger partial charge in [-0.05, 0) is 27.3 Å². The number of carbonyl (C=O) groups is 1. The highest BCUT2D eigenvalue weighted by molar-refractivity contribution is 5.50. The lowest BCUT2D eigenvalue weighted by molar-refractivity contribution is -0.108. The first-order valence-corrected chi connectivity index (χ1v) is 6.34. The maximum absolute atomic E-state index is 10.3. The van der Waals surface area contributed by atoms with Crippen LogP contribution in [0.1, 0.15) is 26.7 Å². The first-order valence-electron chi connectivity index (χ1n) is 6.34. The molecule has 0 bridgehead atoms. The predicted molar refractivity (Wildman–Crippen MR) is 74.2 cm³/mol. The molecule has 0 saturated heterocycles. The SMILES string of the molecule is C/C=C\C=C/CCN(C)CCN[C@@H](C)CC=O. The summed E-state index contributed by atoms with van der Waals surface area (Å²) in [6, 6.07) is 0.287. The van der Waals surface area contributed by atoms with Crippen molar-refractivity contribution in [2.45, 2.75) is 32.7 Å². The van der Waals surface area contributed by atoms with Gasteiger partial charge in [0.2, 0.25) is 0 Å². The van der Waals surface area contributed by atoms with Gasteiger partial charge in [-0.2, -0.15) is 0 Å². The van der Waals surface area contributed by atoms with Crippen molar-refractivity contribution < 1.29 is 4.79 Å². The molecule has 0 radical (unpaired) electrons. The van der Waals surface area contributed by atoms with Crippen molar-refractivity contribution in [3.63, 3.8) is 0 Å². The summed E-state index contributed by atoms with van der Waals surface area (Å²) in [7, 11) is 2.12. The van der Waals surface area contributed by atoms with Crippen molar-refractivity contribution in [1.29, 1.82) is 0 Å². The highest BCUT2D eigenvalue weighted by Gasteiger charge is 2.00. The Kier molecular flexibility index (Phi) is 10.9. The second-order valence-corrected chi connectivity index (χ2v) is 4.30. The zero-order valence-electron chi connectivity index (χ0n) is 11.4. The first-order chi connectivity index (χ1) is 8.20. The number of hydrogen-bond donors (Lipinski definition) is 1. The Balaban J connectivity index is 3.46. The molecule has 0 aromatic heterocycles. The van der Waals surface area contributed by atoms with Crippen molar-refractivity contribution >= 4 is 6.29 Å². The summed E-state index contributed by atoms with van der Waals surface area (Å²) in [4.78, 5) is 12.6. The van der Waals surface area contributed by atoms with Crippen LogP contribution in [0.3, 0.4) is 0 Å². The Morgan fingerprint density at radius 2 is 2.06 bits per heavy atom. The molecule has 0 rings (SSSR count). The summed E-state index contributed by atoms with van der Waals surface area (Å²) >= 11 is 0. The van der Waals surface area contributed by atoms with Crippen LogP contribution >= 0.6 is 0 Å². The van der Waals surface area contributed by atoms with Gasteiger partial charge in [0, 0.05) is 32.1 Å². The molecule has 17 heavy (non-hydrogen) atoms. The van der Waals surface area contributed by atoms with Crippen LogP contribution in [-0.4, -0.2) is 43.9 Å². The fourth-order valence-corrected chi connectivity index (χ4v) is 1.42. The van der Waals surface area contributed by atoms with E-state index in [4.69, 9.17) is 0 Å². The molecule has 0 saturated carbocycles. The molecule has 0 fully saturated rings. The Morgan fingerprint density at radius 1 is 1.29 bits per heavy atom. The molecule has 0 amide bonds. The standard InChI is InChI=1S/C14H26N2O/c1-4-5-6-7-8-11-16(3)12-10-15-14(2)9-13-17/h4-7,13-15H,8-12H2,1-3H3/b5-4-,7-6-/t14-/m0/s1. The van der Waals surface area contributed by atoms with Gasteiger partial charge in [-0.15, -0.1) is 0 Å². The number of carbonyl (C=O) groups excluding carboxylic acids is 1. The quantitative estimate of drug-likeness (QED) is 0.467. The molecule has 0 aliphatic rings. The summed E-state index contributed by atoms with van der Waals surface area (Å²) in [5, 5.41) is 3.32. The number of aldehydes is 1. The molecule has 0 aromatic carbocycles. The molecule has 98 valence electrons. The van der Waals surface area contributed by atoms with E-state index in [0.717, 1.165) is 32.3 Å². The van der Waals surface area contributed by atoms with Crippen LogP contribution < -0.4 is 5.32 Å². The minimum atomic E-state index is 0.287. The zero-order valence-corrected chi connectivity index (χ0v) is 11.4. The number of nitrogens with one attached hydrogen (secondary N) is 1. The van der Waals surface area contributed by atoms with Crippen molar-refractivity contribution in [1.82, 2.24) is 10.2 Å². The van der Waals surface area contributed by atoms with Crippen LogP contribution in [0.15, 0.2) is 24.3 Å². The maximum atomic E-state index is 10.3. The average Bonchev–Trinajstić information content (AvgIpc) is 2.29. The first kappa shape index (κ1) is 16.1. The van der Waals surface area contributed by atoms with E-state index in [-0.39, 0.29) is 6.04 Å². The molecule has 1 atom stereocenters. The molecule has 0 unspecified atom stereocenters. The van der Waals surface area contributed by atoms with Gasteiger partial charge >= 0.3 is 0 Å². The summed E-state index contributed by atoms with van der Waals surface area (Å²) in [5.74, 6) is 0. The largest absolute Gasteiger partial charge is 0.313 e. The molecule has 3 heteroatoms. The van der Waals surface area contributed by atoms with E-state index < -0.39 is 0 Å². The van der Waals surface area contributed by atoms with Gasteiger partial charge in [-0.25, -0.2) is 0 Å². The molecule has 0 spiro atoms. The van der Waals surface area contributed by atoms with E-state index in [0.29, 0.717) is 6.42 Å². The fourth-order valence-electron chi connectivity index (χ4n) is 1.42. The van der Waals surface area contributed by atoms with E-state index in [1.165, 1.54) is 0 Å². The van der Waals surface area contributed by atoms with Gasteiger partial charge in [-0.1, -0.05) is 24.3 Å². The molecule has 0 aromatic rings. The lowest BCUT2D eigenvalue weighted by Gasteiger charge is -2.17. The Morgan fingerprint density at radius 3 is 2.71 bits per heavy atom. The summed E-state index contributed by atoms with van der Waals surface area (Å²) in [6.45, 7) is 7.07. The van der Waals surface area contributed by atoms with E-state index in [1.807, 2.05) is 26.0 Å². The third kappa shape index (κ3) is 11.3. The minimum absolute atomic E-state index is 0.287. The third-order valence-corrected chi connectivity index (χ3v) is 2.55. The van der Waals surface area contributed by atoms with Gasteiger partial charge in [0.15, 0.2) is 0 Å². The third-order valence-electron chi connectivity index (χ3n) is 2.55. The summed E-state index contributed by atoms with van der Waals surface area (Å²) < 4.78 is 0. The molecule has 0 aliphatic carbocycles. The van der Waals surface area contributed by atoms with Gasteiger partial charge in [-0.3, -0.25) is 0 Å². The summed E-state index contributed by atoms with van der Waals surface area (Å²) in [6.07, 6.45) is 11.0. The highest BCUT2D eigenvalue weighted by atomic mass is 16.1. The van der Waals surface area contributed by atoms with Crippen LogP contribution in [0.25, 0.3) is 0 Å². The van der Waals surface area contributed by atoms with Crippen molar-refractivity contribution in [3.8, 4) is 0 Å². The fraction of sp³-hybridized carbons (Fsp3) is 0.643. The normalized spacial score (nSPS) is 13.9. The van der Waals surface area contributed by atoms with E-state index >= 15 is 0 Å². The highest BCUT2D eigenvalue weighted by Crippen LogP contribution is 1.91. The van der Waals surface area contributed by atoms with Gasteiger partial charge < -0.3 is 15.0 Å². The number of likely N-dealkylation sites (N-methyl/N-ethyl adjacent to an activating group) is 1. The molecule has 0 aliphatic heterocycles. The lowest BCUT2D eigenvalue weighted by atomic mass is 10.2. The van der Waals surface area contributed by atoms with Crippen LogP contribution in [0, 0.1) is 0 Å². The zero-order chi connectivity index (χ0) is 12.9. The molecule has 3 nitrogen and oxygen atoms in total. The average molecular weight is 238 g/mol. The molecule has 1 N–H and O–H groups in total. The van der Waals surface area contributed by atoms with E-state index in [9.17, 15) is 4.79 Å². The van der Waals surface area contributed by atoms with Gasteiger partial charge in [0.25, 0.3) is 0 Å². The van der Waals surface area contributed by atoms with E-state index in [1.54, 1.807) is 0 Å². The Bertz CT molecular complexity index is 236. The van der Waals surface area contributed by atoms with Gasteiger partial charge in [0.1, 0.15) is 6.29 Å². The minimum Gasteiger partial charge on any atom is -0.313 e. The molecular formula is C14H26N2O. The molecular weight excluding hydrogens is 212 g/mol. The van der Waals surface area contributed by atoms with Crippen LogP contribution in [-0.2, 0) is 4.79 Å². The van der Waals surface area contributed by atoms with Crippen molar-refractivity contribution in [2.75, 3.05) is 26.7 Å². The van der Waals surface area contributed by atoms with Crippen molar-refractivity contribution in [3.05, 3.63) is 24.3 Å². The summed E-state index contributed by atoms with van der Waals surface area (Å²) in [5.41, 5.74) is 0. The van der Waals surface area contributed by atoms with Crippen LogP contribution in [0.5, 0.6) is 0 Å².